The van der Waals surface area contributed by atoms with Gasteiger partial charge in [0.1, 0.15) is 0 Å². The number of alkyl halides is 2. The molecular formula is C21H33F2NO4. The van der Waals surface area contributed by atoms with Crippen molar-refractivity contribution in [1.29, 1.82) is 0 Å². The van der Waals surface area contributed by atoms with E-state index in [9.17, 15) is 18.7 Å². The summed E-state index contributed by atoms with van der Waals surface area (Å²) < 4.78 is 33.7. The van der Waals surface area contributed by atoms with Gasteiger partial charge in [0.15, 0.2) is 6.23 Å². The number of hydrogen-bond acceptors (Lipinski definition) is 4. The molecule has 5 nitrogen and oxygen atoms in total. The molecule has 1 aliphatic rings. The van der Waals surface area contributed by atoms with E-state index in [4.69, 9.17) is 9.84 Å². The average Bonchev–Trinajstić information content (AvgIpc) is 2.89. The number of methoxy groups -OCH3 is 1. The third-order valence-corrected chi connectivity index (χ3v) is 5.06. The maximum absolute atomic E-state index is 14.3. The smallest absolute Gasteiger partial charge is 0.303 e. The highest BCUT2D eigenvalue weighted by Crippen LogP contribution is 2.39. The topological polar surface area (TPSA) is 70.0 Å². The van der Waals surface area contributed by atoms with E-state index in [1.807, 2.05) is 6.92 Å². The minimum atomic E-state index is -2.96. The Labute approximate surface area is 166 Å². The van der Waals surface area contributed by atoms with E-state index in [-0.39, 0.29) is 18.8 Å². The van der Waals surface area contributed by atoms with Crippen molar-refractivity contribution in [2.45, 2.75) is 83.1 Å². The third kappa shape index (κ3) is 7.86. The fourth-order valence-electron chi connectivity index (χ4n) is 3.42. The van der Waals surface area contributed by atoms with E-state index >= 15 is 0 Å². The number of carbonyl (C=O) groups is 1. The summed E-state index contributed by atoms with van der Waals surface area (Å²) in [4.78, 5) is 12.2. The van der Waals surface area contributed by atoms with E-state index in [2.05, 4.69) is 11.8 Å². The van der Waals surface area contributed by atoms with E-state index in [0.29, 0.717) is 25.8 Å². The molecule has 7 heteroatoms. The van der Waals surface area contributed by atoms with E-state index in [0.717, 1.165) is 12.8 Å². The molecule has 160 valence electrons. The molecular weight excluding hydrogens is 368 g/mol. The molecule has 0 radical (unpaired) electrons. The van der Waals surface area contributed by atoms with Crippen molar-refractivity contribution in [2.24, 2.45) is 5.92 Å². The largest absolute Gasteiger partial charge is 0.481 e. The van der Waals surface area contributed by atoms with Crippen LogP contribution in [-0.4, -0.2) is 59.0 Å². The van der Waals surface area contributed by atoms with Crippen LogP contribution in [0.2, 0.25) is 0 Å². The lowest BCUT2D eigenvalue weighted by Crippen LogP contribution is -2.42. The highest BCUT2D eigenvalue weighted by Gasteiger charge is 2.53. The summed E-state index contributed by atoms with van der Waals surface area (Å²) in [7, 11) is 1.28. The predicted molar refractivity (Wildman–Crippen MR) is 104 cm³/mol. The fourth-order valence-corrected chi connectivity index (χ4v) is 3.42. The van der Waals surface area contributed by atoms with Crippen LogP contribution in [0.1, 0.15) is 58.8 Å². The van der Waals surface area contributed by atoms with Crippen LogP contribution in [0.25, 0.3) is 0 Å². The Morgan fingerprint density at radius 1 is 1.36 bits per heavy atom. The molecule has 28 heavy (non-hydrogen) atoms. The van der Waals surface area contributed by atoms with Crippen LogP contribution in [0.3, 0.4) is 0 Å². The third-order valence-electron chi connectivity index (χ3n) is 5.06. The molecule has 0 saturated carbocycles. The Morgan fingerprint density at radius 2 is 2.04 bits per heavy atom. The van der Waals surface area contributed by atoms with Crippen LogP contribution in [0.15, 0.2) is 12.2 Å². The van der Waals surface area contributed by atoms with Crippen molar-refractivity contribution < 1.29 is 28.5 Å². The van der Waals surface area contributed by atoms with Gasteiger partial charge < -0.3 is 14.9 Å². The van der Waals surface area contributed by atoms with Gasteiger partial charge in [0.25, 0.3) is 5.92 Å². The number of likely N-dealkylation sites (tertiary alicyclic amines) is 1. The monoisotopic (exact) mass is 401 g/mol. The van der Waals surface area contributed by atoms with Crippen LogP contribution in [0.4, 0.5) is 8.78 Å². The zero-order valence-electron chi connectivity index (χ0n) is 17.0. The fraction of sp³-hybridized carbons (Fsp3) is 0.762. The van der Waals surface area contributed by atoms with Gasteiger partial charge in [0, 0.05) is 39.0 Å². The van der Waals surface area contributed by atoms with Gasteiger partial charge in [0.05, 0.1) is 6.10 Å². The van der Waals surface area contributed by atoms with Gasteiger partial charge in [-0.3, -0.25) is 9.69 Å². The highest BCUT2D eigenvalue weighted by atomic mass is 19.3. The molecule has 0 bridgehead atoms. The van der Waals surface area contributed by atoms with Gasteiger partial charge in [-0.25, -0.2) is 8.78 Å². The number of unbranched alkanes of at least 4 members (excludes halogenated alkanes) is 3. The van der Waals surface area contributed by atoms with Crippen molar-refractivity contribution >= 4 is 5.97 Å². The molecule has 0 aliphatic carbocycles. The zero-order valence-corrected chi connectivity index (χ0v) is 17.0. The molecule has 1 heterocycles. The zero-order chi connectivity index (χ0) is 21.2. The molecule has 1 aliphatic heterocycles. The molecule has 0 aromatic rings. The van der Waals surface area contributed by atoms with E-state index in [1.54, 1.807) is 24.0 Å². The standard InChI is InChI=1S/C21H33F2NO4/c1-4-5-10-16(2)18(25)13-12-17-15-21(22,23)20(28-3)24(17)14-9-7-6-8-11-19(26)27/h12-13,16-18,20,25H,6-11,14-15H2,1-3H3,(H,26,27)/b13-12+/t16-,17-,18-,20?/m0/s1. The average molecular weight is 401 g/mol. The first-order chi connectivity index (χ1) is 13.2. The van der Waals surface area contributed by atoms with Crippen molar-refractivity contribution in [1.82, 2.24) is 4.90 Å². The lowest BCUT2D eigenvalue weighted by Gasteiger charge is -2.28. The lowest BCUT2D eigenvalue weighted by molar-refractivity contribution is -0.149. The van der Waals surface area contributed by atoms with Crippen molar-refractivity contribution in [3.8, 4) is 11.8 Å². The van der Waals surface area contributed by atoms with Crippen LogP contribution in [-0.2, 0) is 9.53 Å². The number of aliphatic carboxylic acids is 1. The van der Waals surface area contributed by atoms with Crippen LogP contribution in [0.5, 0.6) is 0 Å². The molecule has 4 atom stereocenters. The minimum absolute atomic E-state index is 0.0773. The first-order valence-corrected chi connectivity index (χ1v) is 9.87. The molecule has 1 fully saturated rings. The number of aliphatic hydroxyl groups is 1. The highest BCUT2D eigenvalue weighted by molar-refractivity contribution is 5.66. The number of aliphatic hydroxyl groups excluding tert-OH is 1. The number of ether oxygens (including phenoxy) is 1. The molecule has 0 aromatic carbocycles. The number of nitrogens with zero attached hydrogens (tertiary/aromatic N) is 1. The molecule has 1 unspecified atom stereocenters. The second-order valence-electron chi connectivity index (χ2n) is 7.40. The summed E-state index contributed by atoms with van der Waals surface area (Å²) in [6.45, 7) is 4.04. The summed E-state index contributed by atoms with van der Waals surface area (Å²) in [5.74, 6) is 1.84. The minimum Gasteiger partial charge on any atom is -0.481 e. The number of halogens is 2. The summed E-state index contributed by atoms with van der Waals surface area (Å²) in [5, 5.41) is 18.9. The Balaban J connectivity index is 2.65. The first-order valence-electron chi connectivity index (χ1n) is 9.87. The number of rotatable bonds is 12. The van der Waals surface area contributed by atoms with Crippen molar-refractivity contribution in [3.63, 3.8) is 0 Å². The quantitative estimate of drug-likeness (QED) is 0.297. The Morgan fingerprint density at radius 3 is 2.64 bits per heavy atom. The molecule has 0 aromatic heterocycles. The van der Waals surface area contributed by atoms with E-state index in [1.165, 1.54) is 7.11 Å². The summed E-state index contributed by atoms with van der Waals surface area (Å²) in [6, 6.07) is -0.516. The van der Waals surface area contributed by atoms with Gasteiger partial charge in [-0.05, 0) is 25.7 Å². The molecule has 1 rings (SSSR count). The van der Waals surface area contributed by atoms with Gasteiger partial charge in [-0.1, -0.05) is 31.9 Å². The van der Waals surface area contributed by atoms with Gasteiger partial charge in [-0.2, -0.15) is 0 Å². The van der Waals surface area contributed by atoms with Gasteiger partial charge in [-0.15, -0.1) is 11.8 Å². The molecule has 0 amide bonds. The second-order valence-corrected chi connectivity index (χ2v) is 7.40. The van der Waals surface area contributed by atoms with E-state index < -0.39 is 30.3 Å². The van der Waals surface area contributed by atoms with Crippen LogP contribution >= 0.6 is 0 Å². The van der Waals surface area contributed by atoms with Crippen molar-refractivity contribution in [3.05, 3.63) is 12.2 Å². The maximum atomic E-state index is 14.3. The second kappa shape index (κ2) is 12.2. The van der Waals surface area contributed by atoms with Gasteiger partial charge >= 0.3 is 5.97 Å². The van der Waals surface area contributed by atoms with Crippen molar-refractivity contribution in [2.75, 3.05) is 13.7 Å². The summed E-state index contributed by atoms with van der Waals surface area (Å²) >= 11 is 0. The Kier molecular flexibility index (Phi) is 10.7. The predicted octanol–water partition coefficient (Wildman–Crippen LogP) is 3.67. The van der Waals surface area contributed by atoms with Crippen LogP contribution < -0.4 is 0 Å². The van der Waals surface area contributed by atoms with Gasteiger partial charge in [0.2, 0.25) is 0 Å². The molecule has 2 N–H and O–H groups in total. The Hall–Kier alpha value is -1.49. The maximum Gasteiger partial charge on any atom is 0.303 e. The Bertz CT molecular complexity index is 570. The molecule has 0 spiro atoms. The SMILES string of the molecule is CC#CC[C@H](C)[C@@H](O)/C=C/[C@H]1CC(F)(F)C(OC)N1CCCCCCC(=O)O. The molecule has 1 saturated heterocycles. The summed E-state index contributed by atoms with van der Waals surface area (Å²) in [5.41, 5.74) is 0. The summed E-state index contributed by atoms with van der Waals surface area (Å²) in [6.07, 6.45) is 4.33. The van der Waals surface area contributed by atoms with Crippen LogP contribution in [0, 0.1) is 17.8 Å². The number of carboxylic acids is 1. The lowest BCUT2D eigenvalue weighted by atomic mass is 10.00. The number of carboxylic acid groups (broad SMARTS) is 1. The first kappa shape index (κ1) is 24.5. The normalized spacial score (nSPS) is 24.1. The number of hydrogen-bond donors (Lipinski definition) is 2.